The number of aliphatic hydroxyl groups is 1. The van der Waals surface area contributed by atoms with E-state index in [0.29, 0.717) is 6.42 Å². The molecule has 0 aliphatic carbocycles. The number of hydrogen-bond acceptors (Lipinski definition) is 4. The molecule has 0 heterocycles. The zero-order chi connectivity index (χ0) is 13.5. The van der Waals surface area contributed by atoms with Crippen molar-refractivity contribution in [3.63, 3.8) is 0 Å². The van der Waals surface area contributed by atoms with Crippen molar-refractivity contribution < 1.29 is 14.6 Å². The van der Waals surface area contributed by atoms with E-state index in [4.69, 9.17) is 15.6 Å². The maximum atomic E-state index is 11.6. The van der Waals surface area contributed by atoms with E-state index in [-0.39, 0.29) is 12.3 Å². The van der Waals surface area contributed by atoms with Crippen LogP contribution in [0.3, 0.4) is 0 Å². The minimum absolute atomic E-state index is 0.116. The molecular formula is C13H20N2O3. The highest BCUT2D eigenvalue weighted by molar-refractivity contribution is 5.90. The number of benzene rings is 1. The molecule has 1 aromatic carbocycles. The first-order valence-electron chi connectivity index (χ1n) is 5.88. The van der Waals surface area contributed by atoms with Gasteiger partial charge in [0, 0.05) is 12.1 Å². The van der Waals surface area contributed by atoms with E-state index < -0.39 is 13.0 Å². The fourth-order valence-corrected chi connectivity index (χ4v) is 1.50. The zero-order valence-electron chi connectivity index (χ0n) is 10.8. The molecule has 0 aromatic heterocycles. The van der Waals surface area contributed by atoms with Gasteiger partial charge in [0.1, 0.15) is 13.0 Å². The van der Waals surface area contributed by atoms with Crippen LogP contribution >= 0.6 is 0 Å². The van der Waals surface area contributed by atoms with Crippen molar-refractivity contribution in [2.75, 3.05) is 12.1 Å². The molecule has 5 heteroatoms. The molecule has 0 saturated heterocycles. The average molecular weight is 252 g/mol. The van der Waals surface area contributed by atoms with Gasteiger partial charge in [-0.05, 0) is 43.5 Å². The third-order valence-corrected chi connectivity index (χ3v) is 2.74. The monoisotopic (exact) mass is 252 g/mol. The molecule has 1 aromatic rings. The van der Waals surface area contributed by atoms with Gasteiger partial charge in [-0.2, -0.15) is 0 Å². The van der Waals surface area contributed by atoms with Crippen LogP contribution in [0.2, 0.25) is 0 Å². The Bertz CT molecular complexity index is 407. The van der Waals surface area contributed by atoms with Gasteiger partial charge in [0.25, 0.3) is 0 Å². The Kier molecular flexibility index (Phi) is 5.77. The summed E-state index contributed by atoms with van der Waals surface area (Å²) in [7, 11) is 0. The number of aryl methyl sites for hydroxylation is 2. The van der Waals surface area contributed by atoms with E-state index in [9.17, 15) is 4.79 Å². The van der Waals surface area contributed by atoms with E-state index in [0.717, 1.165) is 11.3 Å². The lowest BCUT2D eigenvalue weighted by Gasteiger charge is -2.11. The van der Waals surface area contributed by atoms with E-state index in [1.807, 2.05) is 32.0 Å². The smallest absolute Gasteiger partial charge is 0.224 e. The molecule has 1 amide bonds. The summed E-state index contributed by atoms with van der Waals surface area (Å²) in [5, 5.41) is 11.3. The summed E-state index contributed by atoms with van der Waals surface area (Å²) >= 11 is 0. The molecule has 18 heavy (non-hydrogen) atoms. The van der Waals surface area contributed by atoms with E-state index >= 15 is 0 Å². The Morgan fingerprint density at radius 3 is 2.78 bits per heavy atom. The van der Waals surface area contributed by atoms with Crippen molar-refractivity contribution in [3.05, 3.63) is 29.3 Å². The summed E-state index contributed by atoms with van der Waals surface area (Å²) < 4.78 is 4.73. The van der Waals surface area contributed by atoms with Crippen molar-refractivity contribution in [1.29, 1.82) is 0 Å². The lowest BCUT2D eigenvalue weighted by Crippen LogP contribution is -2.26. The van der Waals surface area contributed by atoms with Crippen LogP contribution in [0.1, 0.15) is 24.0 Å². The van der Waals surface area contributed by atoms with Crippen LogP contribution in [0.15, 0.2) is 18.2 Å². The van der Waals surface area contributed by atoms with Crippen LogP contribution in [0.4, 0.5) is 5.69 Å². The molecule has 0 saturated carbocycles. The quantitative estimate of drug-likeness (QED) is 0.666. The molecule has 1 rings (SSSR count). The molecule has 0 fully saturated rings. The first-order chi connectivity index (χ1) is 8.52. The van der Waals surface area contributed by atoms with E-state index in [1.54, 1.807) is 0 Å². The predicted octanol–water partition coefficient (Wildman–Crippen LogP) is 1.27. The van der Waals surface area contributed by atoms with Gasteiger partial charge in [-0.3, -0.25) is 4.79 Å². The van der Waals surface area contributed by atoms with Crippen molar-refractivity contribution in [3.8, 4) is 0 Å². The van der Waals surface area contributed by atoms with Crippen molar-refractivity contribution in [1.82, 2.24) is 0 Å². The summed E-state index contributed by atoms with van der Waals surface area (Å²) in [5.41, 5.74) is 8.60. The molecule has 100 valence electrons. The summed E-state index contributed by atoms with van der Waals surface area (Å²) in [6.45, 7) is 3.59. The highest BCUT2D eigenvalue weighted by atomic mass is 16.6. The van der Waals surface area contributed by atoms with Gasteiger partial charge in [-0.15, -0.1) is 0 Å². The predicted molar refractivity (Wildman–Crippen MR) is 69.9 cm³/mol. The standard InChI is InChI=1S/C13H20N2O3/c1-9-3-4-11(7-10(9)2)15-13(17)6-5-12(14)18-8-16/h3-4,7,12,16H,5-6,8,14H2,1-2H3,(H,15,17). The molecule has 5 nitrogen and oxygen atoms in total. The van der Waals surface area contributed by atoms with Gasteiger partial charge in [0.15, 0.2) is 0 Å². The fraction of sp³-hybridized carbons (Fsp3) is 0.462. The fourth-order valence-electron chi connectivity index (χ4n) is 1.50. The van der Waals surface area contributed by atoms with Gasteiger partial charge < -0.3 is 20.9 Å². The Balaban J connectivity index is 2.42. The third kappa shape index (κ3) is 4.83. The van der Waals surface area contributed by atoms with Gasteiger partial charge in [-0.25, -0.2) is 0 Å². The number of carbonyl (C=O) groups excluding carboxylic acids is 1. The minimum Gasteiger partial charge on any atom is -0.371 e. The molecule has 1 unspecified atom stereocenters. The van der Waals surface area contributed by atoms with E-state index in [2.05, 4.69) is 5.32 Å². The number of ether oxygens (including phenoxy) is 1. The van der Waals surface area contributed by atoms with Crippen LogP contribution in [0.5, 0.6) is 0 Å². The van der Waals surface area contributed by atoms with Crippen molar-refractivity contribution >= 4 is 11.6 Å². The van der Waals surface area contributed by atoms with Crippen molar-refractivity contribution in [2.24, 2.45) is 5.73 Å². The zero-order valence-corrected chi connectivity index (χ0v) is 10.8. The number of nitrogens with one attached hydrogen (secondary N) is 1. The molecule has 0 radical (unpaired) electrons. The second kappa shape index (κ2) is 7.10. The molecule has 4 N–H and O–H groups in total. The van der Waals surface area contributed by atoms with Crippen LogP contribution in [-0.4, -0.2) is 24.0 Å². The maximum Gasteiger partial charge on any atom is 0.224 e. The maximum absolute atomic E-state index is 11.6. The molecular weight excluding hydrogens is 232 g/mol. The normalized spacial score (nSPS) is 12.2. The highest BCUT2D eigenvalue weighted by Gasteiger charge is 2.07. The van der Waals surface area contributed by atoms with Crippen LogP contribution in [0.25, 0.3) is 0 Å². The second-order valence-corrected chi connectivity index (χ2v) is 4.22. The summed E-state index contributed by atoms with van der Waals surface area (Å²) in [5.74, 6) is -0.116. The topological polar surface area (TPSA) is 84.6 Å². The lowest BCUT2D eigenvalue weighted by atomic mass is 10.1. The average Bonchev–Trinajstić information content (AvgIpc) is 2.32. The molecule has 0 bridgehead atoms. The Hall–Kier alpha value is -1.43. The number of anilines is 1. The molecule has 0 spiro atoms. The Morgan fingerprint density at radius 2 is 2.17 bits per heavy atom. The van der Waals surface area contributed by atoms with Gasteiger partial charge in [-0.1, -0.05) is 6.07 Å². The molecule has 0 aliphatic rings. The molecule has 0 aliphatic heterocycles. The number of carbonyl (C=O) groups is 1. The number of amides is 1. The summed E-state index contributed by atoms with van der Waals surface area (Å²) in [6, 6.07) is 5.76. The summed E-state index contributed by atoms with van der Waals surface area (Å²) in [4.78, 5) is 11.6. The molecule has 1 atom stereocenters. The summed E-state index contributed by atoms with van der Waals surface area (Å²) in [6.07, 6.45) is 0.0196. The van der Waals surface area contributed by atoms with E-state index in [1.165, 1.54) is 5.56 Å². The first kappa shape index (κ1) is 14.6. The van der Waals surface area contributed by atoms with Gasteiger partial charge >= 0.3 is 0 Å². The first-order valence-corrected chi connectivity index (χ1v) is 5.88. The Labute approximate surface area is 107 Å². The number of nitrogens with two attached hydrogens (primary N) is 1. The largest absolute Gasteiger partial charge is 0.371 e. The van der Waals surface area contributed by atoms with Crippen LogP contribution in [0, 0.1) is 13.8 Å². The lowest BCUT2D eigenvalue weighted by molar-refractivity contribution is -0.117. The van der Waals surface area contributed by atoms with Crippen LogP contribution in [-0.2, 0) is 9.53 Å². The second-order valence-electron chi connectivity index (χ2n) is 4.22. The minimum atomic E-state index is -0.611. The third-order valence-electron chi connectivity index (χ3n) is 2.74. The number of aliphatic hydroxyl groups excluding tert-OH is 1. The Morgan fingerprint density at radius 1 is 1.44 bits per heavy atom. The van der Waals surface area contributed by atoms with Crippen molar-refractivity contribution in [2.45, 2.75) is 32.9 Å². The SMILES string of the molecule is Cc1ccc(NC(=O)CCC(N)OCO)cc1C. The van der Waals surface area contributed by atoms with Gasteiger partial charge in [0.2, 0.25) is 5.91 Å². The number of hydrogen-bond donors (Lipinski definition) is 3. The number of rotatable bonds is 6. The van der Waals surface area contributed by atoms with Gasteiger partial charge in [0.05, 0.1) is 0 Å². The van der Waals surface area contributed by atoms with Crippen LogP contribution < -0.4 is 11.1 Å². The highest BCUT2D eigenvalue weighted by Crippen LogP contribution is 2.14.